The number of ether oxygens (including phenoxy) is 3. The smallest absolute Gasteiger partial charge is 0.306 e. The van der Waals surface area contributed by atoms with Gasteiger partial charge in [-0.2, -0.15) is 0 Å². The minimum atomic E-state index is -0.0215. The Morgan fingerprint density at radius 3 is 2.15 bits per heavy atom. The van der Waals surface area contributed by atoms with Gasteiger partial charge in [-0.3, -0.25) is 9.79 Å². The fourth-order valence-electron chi connectivity index (χ4n) is 12.2. The number of rotatable bonds is 23. The maximum atomic E-state index is 13.0. The Morgan fingerprint density at radius 1 is 0.763 bits per heavy atom. The van der Waals surface area contributed by atoms with Crippen molar-refractivity contribution in [3.63, 3.8) is 0 Å². The molecule has 0 saturated heterocycles. The van der Waals surface area contributed by atoms with Gasteiger partial charge in [-0.25, -0.2) is 0 Å². The first-order valence-electron chi connectivity index (χ1n) is 24.5. The fraction of sp³-hybridized carbons (Fsp3) is 0.704. The van der Waals surface area contributed by atoms with Crippen LogP contribution in [0.3, 0.4) is 0 Å². The SMILES string of the molecule is CCCCCCCCOc1ccc(N=Cc2ccc(OCCCCCC(=O)O[C@H]3CC[C@@]4(C)C(=CC[C@H]5[C@@H]6CC[C@H]([C@H](C)CCCC(C)C)[C@@]6(C)CC[C@@H]54)C3)cc2)cc1. The standard InChI is InChI=1S/C54H81NO4/c1-7-8-9-10-11-14-36-58-46-27-23-44(24-28-46)55-39-42-20-25-45(26-21-42)57-37-15-12-13-19-52(56)59-47-32-34-53(5)43(38-47)22-29-48-50-31-30-49(41(4)18-16-17-40(2)3)54(50,6)35-33-51(48)53/h20-28,39-41,47-51H,7-19,29-38H2,1-6H3/t41-,47+,48+,49-,50+,51+,53+,54-/m1/s1. The van der Waals surface area contributed by atoms with Crippen LogP contribution in [0.25, 0.3) is 0 Å². The number of aliphatic imine (C=N–C) groups is 1. The van der Waals surface area contributed by atoms with E-state index in [1.165, 1.54) is 89.9 Å². The van der Waals surface area contributed by atoms with E-state index in [9.17, 15) is 4.79 Å². The summed E-state index contributed by atoms with van der Waals surface area (Å²) in [6.45, 7) is 16.3. The number of hydrogen-bond donors (Lipinski definition) is 0. The lowest BCUT2D eigenvalue weighted by molar-refractivity contribution is -0.151. The van der Waals surface area contributed by atoms with Crippen LogP contribution < -0.4 is 9.47 Å². The summed E-state index contributed by atoms with van der Waals surface area (Å²) in [6, 6.07) is 16.1. The van der Waals surface area contributed by atoms with Gasteiger partial charge in [0.2, 0.25) is 0 Å². The lowest BCUT2D eigenvalue weighted by Crippen LogP contribution is -2.51. The van der Waals surface area contributed by atoms with Crippen molar-refractivity contribution >= 4 is 17.9 Å². The lowest BCUT2D eigenvalue weighted by atomic mass is 9.47. The third-order valence-corrected chi connectivity index (χ3v) is 15.7. The van der Waals surface area contributed by atoms with Gasteiger partial charge in [-0.05, 0) is 171 Å². The van der Waals surface area contributed by atoms with Crippen molar-refractivity contribution in [2.75, 3.05) is 13.2 Å². The summed E-state index contributed by atoms with van der Waals surface area (Å²) >= 11 is 0. The molecule has 59 heavy (non-hydrogen) atoms. The van der Waals surface area contributed by atoms with E-state index >= 15 is 0 Å². The van der Waals surface area contributed by atoms with Gasteiger partial charge in [0, 0.05) is 19.1 Å². The van der Waals surface area contributed by atoms with Crippen molar-refractivity contribution in [1.29, 1.82) is 0 Å². The van der Waals surface area contributed by atoms with E-state index < -0.39 is 0 Å². The number of allylic oxidation sites excluding steroid dienone is 1. The van der Waals surface area contributed by atoms with Gasteiger partial charge >= 0.3 is 5.97 Å². The number of benzene rings is 2. The minimum Gasteiger partial charge on any atom is -0.494 e. The van der Waals surface area contributed by atoms with E-state index in [0.29, 0.717) is 18.4 Å². The number of unbranched alkanes of at least 4 members (excludes halogenated alkanes) is 7. The quantitative estimate of drug-likeness (QED) is 0.0486. The summed E-state index contributed by atoms with van der Waals surface area (Å²) < 4.78 is 18.1. The molecule has 0 radical (unpaired) electrons. The molecule has 0 heterocycles. The van der Waals surface area contributed by atoms with Crippen molar-refractivity contribution in [2.24, 2.45) is 51.3 Å². The van der Waals surface area contributed by atoms with Crippen LogP contribution in [0.2, 0.25) is 0 Å². The third-order valence-electron chi connectivity index (χ3n) is 15.7. The van der Waals surface area contributed by atoms with E-state index in [1.807, 2.05) is 54.7 Å². The molecule has 0 N–H and O–H groups in total. The van der Waals surface area contributed by atoms with Crippen molar-refractivity contribution in [1.82, 2.24) is 0 Å². The number of hydrogen-bond acceptors (Lipinski definition) is 5. The molecule has 5 heteroatoms. The molecular weight excluding hydrogens is 727 g/mol. The second-order valence-corrected chi connectivity index (χ2v) is 20.2. The molecule has 2 aromatic rings. The highest BCUT2D eigenvalue weighted by Gasteiger charge is 2.59. The first-order valence-corrected chi connectivity index (χ1v) is 24.5. The summed E-state index contributed by atoms with van der Waals surface area (Å²) in [6.07, 6.45) is 29.6. The van der Waals surface area contributed by atoms with E-state index in [2.05, 4.69) is 52.6 Å². The third kappa shape index (κ3) is 12.3. The summed E-state index contributed by atoms with van der Waals surface area (Å²) in [5, 5.41) is 0. The molecule has 0 bridgehead atoms. The van der Waals surface area contributed by atoms with Crippen molar-refractivity contribution in [2.45, 2.75) is 182 Å². The van der Waals surface area contributed by atoms with E-state index in [-0.39, 0.29) is 17.5 Å². The van der Waals surface area contributed by atoms with Gasteiger partial charge in [0.15, 0.2) is 0 Å². The number of carbonyl (C=O) groups excluding carboxylic acids is 1. The topological polar surface area (TPSA) is 57.1 Å². The van der Waals surface area contributed by atoms with Crippen molar-refractivity contribution in [3.8, 4) is 11.5 Å². The first-order chi connectivity index (χ1) is 28.6. The van der Waals surface area contributed by atoms with E-state index in [0.717, 1.165) is 103 Å². The molecule has 0 unspecified atom stereocenters. The molecule has 0 aromatic heterocycles. The molecule has 3 saturated carbocycles. The maximum absolute atomic E-state index is 13.0. The van der Waals surface area contributed by atoms with Crippen LogP contribution in [0.15, 0.2) is 65.2 Å². The van der Waals surface area contributed by atoms with Gasteiger partial charge in [0.25, 0.3) is 0 Å². The predicted octanol–water partition coefficient (Wildman–Crippen LogP) is 15.1. The average molecular weight is 808 g/mol. The minimum absolute atomic E-state index is 0.0215. The van der Waals surface area contributed by atoms with Crippen LogP contribution in [0.1, 0.15) is 182 Å². The first kappa shape index (κ1) is 45.4. The van der Waals surface area contributed by atoms with Crippen LogP contribution in [-0.2, 0) is 9.53 Å². The Labute approximate surface area is 360 Å². The molecule has 0 amide bonds. The van der Waals surface area contributed by atoms with E-state index in [4.69, 9.17) is 14.2 Å². The zero-order valence-corrected chi connectivity index (χ0v) is 38.2. The summed E-state index contributed by atoms with van der Waals surface area (Å²) in [4.78, 5) is 17.6. The highest BCUT2D eigenvalue weighted by molar-refractivity contribution is 5.82. The van der Waals surface area contributed by atoms with Gasteiger partial charge in [-0.15, -0.1) is 0 Å². The summed E-state index contributed by atoms with van der Waals surface area (Å²) in [5.41, 5.74) is 4.36. The number of nitrogens with zero attached hydrogens (tertiary/aromatic N) is 1. The Morgan fingerprint density at radius 2 is 1.44 bits per heavy atom. The second kappa shape index (κ2) is 22.1. The maximum Gasteiger partial charge on any atom is 0.306 e. The Hall–Kier alpha value is -3.08. The monoisotopic (exact) mass is 808 g/mol. The molecule has 8 atom stereocenters. The summed E-state index contributed by atoms with van der Waals surface area (Å²) in [7, 11) is 0. The second-order valence-electron chi connectivity index (χ2n) is 20.2. The molecule has 2 aromatic carbocycles. The Balaban J connectivity index is 0.846. The average Bonchev–Trinajstić information content (AvgIpc) is 3.59. The molecule has 326 valence electrons. The zero-order valence-electron chi connectivity index (χ0n) is 38.2. The lowest BCUT2D eigenvalue weighted by Gasteiger charge is -2.58. The summed E-state index contributed by atoms with van der Waals surface area (Å²) in [5.74, 6) is 6.85. The predicted molar refractivity (Wildman–Crippen MR) is 246 cm³/mol. The zero-order chi connectivity index (χ0) is 41.7. The Bertz CT molecular complexity index is 1630. The molecule has 4 aliphatic carbocycles. The van der Waals surface area contributed by atoms with E-state index in [1.54, 1.807) is 5.57 Å². The van der Waals surface area contributed by atoms with Gasteiger partial charge < -0.3 is 14.2 Å². The van der Waals surface area contributed by atoms with Gasteiger partial charge in [0.05, 0.1) is 18.9 Å². The molecule has 3 fully saturated rings. The molecule has 4 aliphatic rings. The van der Waals surface area contributed by atoms with Crippen LogP contribution in [0.4, 0.5) is 5.69 Å². The van der Waals surface area contributed by atoms with Crippen molar-refractivity contribution < 1.29 is 19.0 Å². The molecule has 0 spiro atoms. The van der Waals surface area contributed by atoms with Gasteiger partial charge in [-0.1, -0.05) is 105 Å². The highest BCUT2D eigenvalue weighted by Crippen LogP contribution is 2.67. The van der Waals surface area contributed by atoms with Crippen LogP contribution in [0, 0.1) is 46.3 Å². The molecule has 5 nitrogen and oxygen atoms in total. The Kier molecular flexibility index (Phi) is 17.1. The van der Waals surface area contributed by atoms with Crippen LogP contribution in [-0.4, -0.2) is 31.5 Å². The highest BCUT2D eigenvalue weighted by atomic mass is 16.5. The van der Waals surface area contributed by atoms with Gasteiger partial charge in [0.1, 0.15) is 17.6 Å². The molecule has 6 rings (SSSR count). The number of fused-ring (bicyclic) bond motifs is 5. The van der Waals surface area contributed by atoms with Crippen LogP contribution in [0.5, 0.6) is 11.5 Å². The normalized spacial score (nSPS) is 28.1. The number of carbonyl (C=O) groups is 1. The molecule has 0 aliphatic heterocycles. The fourth-order valence-corrected chi connectivity index (χ4v) is 12.2. The van der Waals surface area contributed by atoms with Crippen molar-refractivity contribution in [3.05, 3.63) is 65.7 Å². The van der Waals surface area contributed by atoms with Crippen LogP contribution >= 0.6 is 0 Å². The largest absolute Gasteiger partial charge is 0.494 e. The number of esters is 1. The molecular formula is C54H81NO4.